The molecule has 40 heavy (non-hydrogen) atoms. The van der Waals surface area contributed by atoms with E-state index in [9.17, 15) is 26.4 Å². The lowest BCUT2D eigenvalue weighted by atomic mass is 9.95. The summed E-state index contributed by atoms with van der Waals surface area (Å²) in [5.74, 6) is -0.989. The number of amides is 2. The van der Waals surface area contributed by atoms with Crippen LogP contribution in [-0.4, -0.2) is 66.3 Å². The van der Waals surface area contributed by atoms with E-state index in [2.05, 4.69) is 4.72 Å². The first-order valence-corrected chi connectivity index (χ1v) is 15.9. The molecule has 1 N–H and O–H groups in total. The molecule has 3 aromatic rings. The average molecular weight is 587 g/mol. The van der Waals surface area contributed by atoms with Crippen molar-refractivity contribution in [3.8, 4) is 0 Å². The Kier molecular flexibility index (Phi) is 9.23. The fourth-order valence-corrected chi connectivity index (χ4v) is 5.91. The van der Waals surface area contributed by atoms with Crippen LogP contribution in [0.15, 0.2) is 88.7 Å². The average Bonchev–Trinajstić information content (AvgIpc) is 3.17. The molecule has 0 bridgehead atoms. The molecule has 4 rings (SSSR count). The van der Waals surface area contributed by atoms with E-state index >= 15 is 0 Å². The largest absolute Gasteiger partial charge is 0.445 e. The molecular formula is C28H30N2O8S2. The molecule has 12 heteroatoms. The van der Waals surface area contributed by atoms with Gasteiger partial charge in [0.05, 0.1) is 23.0 Å². The first-order valence-electron chi connectivity index (χ1n) is 12.5. The molecular weight excluding hydrogens is 556 g/mol. The Bertz CT molecular complexity index is 1560. The van der Waals surface area contributed by atoms with Crippen molar-refractivity contribution in [2.75, 3.05) is 32.6 Å². The zero-order valence-electron chi connectivity index (χ0n) is 21.9. The van der Waals surface area contributed by atoms with E-state index in [0.717, 1.165) is 24.0 Å². The van der Waals surface area contributed by atoms with Crippen LogP contribution in [0.1, 0.15) is 21.5 Å². The first-order chi connectivity index (χ1) is 19.0. The summed E-state index contributed by atoms with van der Waals surface area (Å²) in [6.45, 7) is 1.55. The number of rotatable bonds is 8. The van der Waals surface area contributed by atoms with Gasteiger partial charge in [-0.05, 0) is 47.9 Å². The van der Waals surface area contributed by atoms with Crippen LogP contribution >= 0.6 is 0 Å². The molecule has 1 atom stereocenters. The zero-order chi connectivity index (χ0) is 28.8. The van der Waals surface area contributed by atoms with E-state index in [-0.39, 0.29) is 27.9 Å². The van der Waals surface area contributed by atoms with Gasteiger partial charge in [0.25, 0.3) is 15.9 Å². The molecule has 1 unspecified atom stereocenters. The number of carbonyl (C=O) groups is 2. The van der Waals surface area contributed by atoms with Crippen molar-refractivity contribution in [3.05, 3.63) is 95.6 Å². The number of sulfone groups is 1. The van der Waals surface area contributed by atoms with Gasteiger partial charge in [-0.2, -0.15) is 0 Å². The molecule has 1 saturated heterocycles. The number of hydrogen-bond donors (Lipinski definition) is 1. The summed E-state index contributed by atoms with van der Waals surface area (Å²) in [5.41, 5.74) is 1.64. The molecule has 0 radical (unpaired) electrons. The highest BCUT2D eigenvalue weighted by atomic mass is 32.2. The Balaban J connectivity index is 1.43. The lowest BCUT2D eigenvalue weighted by Gasteiger charge is -2.23. The summed E-state index contributed by atoms with van der Waals surface area (Å²) in [6, 6.07) is 20.6. The lowest BCUT2D eigenvalue weighted by molar-refractivity contribution is 0.0914. The third kappa shape index (κ3) is 7.68. The predicted molar refractivity (Wildman–Crippen MR) is 147 cm³/mol. The number of ether oxygens (including phenoxy) is 2. The maximum atomic E-state index is 13.1. The van der Waals surface area contributed by atoms with Crippen molar-refractivity contribution in [2.45, 2.75) is 22.8 Å². The van der Waals surface area contributed by atoms with Gasteiger partial charge >= 0.3 is 6.09 Å². The highest BCUT2D eigenvalue weighted by molar-refractivity contribution is 7.91. The topological polar surface area (TPSA) is 136 Å². The minimum Gasteiger partial charge on any atom is -0.445 e. The van der Waals surface area contributed by atoms with Gasteiger partial charge in [-0.25, -0.2) is 26.4 Å². The molecule has 0 spiro atoms. The Morgan fingerprint density at radius 3 is 2.27 bits per heavy atom. The molecule has 0 aliphatic carbocycles. The second-order valence-corrected chi connectivity index (χ2v) is 13.2. The maximum absolute atomic E-state index is 13.1. The van der Waals surface area contributed by atoms with Crippen LogP contribution in [0.25, 0.3) is 0 Å². The van der Waals surface area contributed by atoms with Crippen molar-refractivity contribution in [1.82, 2.24) is 9.62 Å². The Morgan fingerprint density at radius 1 is 0.925 bits per heavy atom. The van der Waals surface area contributed by atoms with Crippen LogP contribution in [-0.2, 0) is 42.4 Å². The minimum atomic E-state index is -4.26. The minimum absolute atomic E-state index is 0.0354. The van der Waals surface area contributed by atoms with E-state index in [1.54, 1.807) is 23.1 Å². The third-order valence-corrected chi connectivity index (χ3v) is 8.84. The summed E-state index contributed by atoms with van der Waals surface area (Å²) >= 11 is 0. The van der Waals surface area contributed by atoms with E-state index in [1.807, 2.05) is 30.3 Å². The number of carbonyl (C=O) groups excluding carboxylic acids is 2. The highest BCUT2D eigenvalue weighted by Crippen LogP contribution is 2.20. The van der Waals surface area contributed by atoms with Crippen LogP contribution in [0.5, 0.6) is 0 Å². The van der Waals surface area contributed by atoms with E-state index in [1.165, 1.54) is 18.2 Å². The van der Waals surface area contributed by atoms with Crippen LogP contribution in [0, 0.1) is 5.92 Å². The summed E-state index contributed by atoms with van der Waals surface area (Å²) in [5, 5.41) is 0. The molecule has 1 heterocycles. The standard InChI is InChI=1S/C28H30N2O8S2/c1-39(33,34)24-11-13-25(14-12-24)40(35,36)29-27(31)26-10-6-5-9-23(26)17-22-18-30(15-16-37-19-22)28(32)38-20-21-7-3-2-4-8-21/h2-14,22H,15-20H2,1H3,(H,29,31). The molecule has 1 aliphatic heterocycles. The molecule has 0 saturated carbocycles. The SMILES string of the molecule is CS(=O)(=O)c1ccc(S(=O)(=O)NC(=O)c2ccccc2CC2COCCN(C(=O)OCc3ccccc3)C2)cc1. The van der Waals surface area contributed by atoms with Gasteiger partial charge in [0, 0.05) is 30.8 Å². The van der Waals surface area contributed by atoms with Gasteiger partial charge < -0.3 is 14.4 Å². The first kappa shape index (κ1) is 29.2. The van der Waals surface area contributed by atoms with Gasteiger partial charge in [0.1, 0.15) is 6.61 Å². The quantitative estimate of drug-likeness (QED) is 0.426. The Morgan fingerprint density at radius 2 is 1.57 bits per heavy atom. The van der Waals surface area contributed by atoms with Crippen LogP contribution in [0.4, 0.5) is 4.79 Å². The molecule has 212 valence electrons. The van der Waals surface area contributed by atoms with E-state index < -0.39 is 31.9 Å². The van der Waals surface area contributed by atoms with Crippen LogP contribution in [0.2, 0.25) is 0 Å². The predicted octanol–water partition coefficient (Wildman–Crippen LogP) is 3.04. The van der Waals surface area contributed by atoms with Gasteiger partial charge in [-0.3, -0.25) is 4.79 Å². The number of sulfonamides is 1. The summed E-state index contributed by atoms with van der Waals surface area (Å²) < 4.78 is 62.3. The molecule has 3 aromatic carbocycles. The third-order valence-electron chi connectivity index (χ3n) is 6.36. The van der Waals surface area contributed by atoms with Crippen LogP contribution < -0.4 is 4.72 Å². The van der Waals surface area contributed by atoms with Crippen molar-refractivity contribution in [1.29, 1.82) is 0 Å². The zero-order valence-corrected chi connectivity index (χ0v) is 23.5. The van der Waals surface area contributed by atoms with Crippen LogP contribution in [0.3, 0.4) is 0 Å². The molecule has 1 fully saturated rings. The summed E-state index contributed by atoms with van der Waals surface area (Å²) in [4.78, 5) is 27.1. The Hall–Kier alpha value is -3.74. The second-order valence-electron chi connectivity index (χ2n) is 9.47. The van der Waals surface area contributed by atoms with Crippen molar-refractivity contribution >= 4 is 31.9 Å². The van der Waals surface area contributed by atoms with Crippen molar-refractivity contribution in [3.63, 3.8) is 0 Å². The number of benzene rings is 3. The van der Waals surface area contributed by atoms with Gasteiger partial charge in [-0.15, -0.1) is 0 Å². The van der Waals surface area contributed by atoms with Crippen molar-refractivity contribution in [2.24, 2.45) is 5.92 Å². The van der Waals surface area contributed by atoms with Crippen molar-refractivity contribution < 1.29 is 35.9 Å². The molecule has 0 aromatic heterocycles. The molecule has 1 aliphatic rings. The number of nitrogens with one attached hydrogen (secondary N) is 1. The lowest BCUT2D eigenvalue weighted by Crippen LogP contribution is -2.37. The smallest absolute Gasteiger partial charge is 0.410 e. The number of hydrogen-bond acceptors (Lipinski definition) is 8. The summed E-state index contributed by atoms with van der Waals surface area (Å²) in [7, 11) is -7.77. The second kappa shape index (κ2) is 12.6. The van der Waals surface area contributed by atoms with E-state index in [0.29, 0.717) is 38.3 Å². The van der Waals surface area contributed by atoms with E-state index in [4.69, 9.17) is 9.47 Å². The van der Waals surface area contributed by atoms with Gasteiger partial charge in [0.2, 0.25) is 0 Å². The molecule has 10 nitrogen and oxygen atoms in total. The fourth-order valence-electron chi connectivity index (χ4n) is 4.31. The summed E-state index contributed by atoms with van der Waals surface area (Å²) in [6.07, 6.45) is 0.912. The molecule has 2 amide bonds. The fraction of sp³-hybridized carbons (Fsp3) is 0.286. The van der Waals surface area contributed by atoms with Gasteiger partial charge in [-0.1, -0.05) is 48.5 Å². The normalized spacial score (nSPS) is 16.1. The highest BCUT2D eigenvalue weighted by Gasteiger charge is 2.26. The monoisotopic (exact) mass is 586 g/mol. The Labute approximate surface area is 233 Å². The van der Waals surface area contributed by atoms with Gasteiger partial charge in [0.15, 0.2) is 9.84 Å². The number of nitrogens with zero attached hydrogens (tertiary/aromatic N) is 1. The maximum Gasteiger partial charge on any atom is 0.410 e.